The molecule has 118 valence electrons. The molecule has 0 aliphatic heterocycles. The van der Waals surface area contributed by atoms with Crippen molar-refractivity contribution in [1.29, 1.82) is 0 Å². The third kappa shape index (κ3) is 8.98. The minimum Gasteiger partial charge on any atom is -0.370 e. The smallest absolute Gasteiger partial charge is 0.188 e. The zero-order valence-corrected chi connectivity index (χ0v) is 16.0. The highest BCUT2D eigenvalue weighted by atomic mass is 127. The summed E-state index contributed by atoms with van der Waals surface area (Å²) in [5, 5.41) is 3.80. The molecule has 5 heteroatoms. The maximum absolute atomic E-state index is 6.01. The monoisotopic (exact) mass is 421 g/mol. The SMILES string of the molecule is C=C(C)CNC(N)=NCC(C)(C)Cc1cccc(Cl)c1.I. The summed E-state index contributed by atoms with van der Waals surface area (Å²) in [6.07, 6.45) is 0.908. The highest BCUT2D eigenvalue weighted by Gasteiger charge is 2.18. The third-order valence-electron chi connectivity index (χ3n) is 2.82. The summed E-state index contributed by atoms with van der Waals surface area (Å²) in [7, 11) is 0. The van der Waals surface area contributed by atoms with E-state index in [9.17, 15) is 0 Å². The number of guanidine groups is 1. The lowest BCUT2D eigenvalue weighted by Gasteiger charge is -2.23. The van der Waals surface area contributed by atoms with Crippen LogP contribution in [0, 0.1) is 5.41 Å². The number of hydrogen-bond donors (Lipinski definition) is 2. The number of nitrogens with two attached hydrogens (primary N) is 1. The first-order valence-corrected chi connectivity index (χ1v) is 7.09. The van der Waals surface area contributed by atoms with Gasteiger partial charge in [0.2, 0.25) is 0 Å². The molecule has 1 rings (SSSR count). The molecule has 1 aromatic carbocycles. The molecule has 0 aliphatic carbocycles. The Balaban J connectivity index is 0.00000400. The number of nitrogens with zero attached hydrogens (tertiary/aromatic N) is 1. The second-order valence-corrected chi connectivity index (χ2v) is 6.42. The average Bonchev–Trinajstić information content (AvgIpc) is 2.33. The first kappa shape index (κ1) is 20.2. The highest BCUT2D eigenvalue weighted by Crippen LogP contribution is 2.23. The minimum absolute atomic E-state index is 0. The van der Waals surface area contributed by atoms with Gasteiger partial charge in [0.05, 0.1) is 0 Å². The van der Waals surface area contributed by atoms with Crippen LogP contribution in [-0.2, 0) is 6.42 Å². The second kappa shape index (κ2) is 9.30. The summed E-state index contributed by atoms with van der Waals surface area (Å²) in [6, 6.07) is 7.94. The van der Waals surface area contributed by atoms with Crippen LogP contribution in [0.5, 0.6) is 0 Å². The fraction of sp³-hybridized carbons (Fsp3) is 0.438. The van der Waals surface area contributed by atoms with Crippen molar-refractivity contribution in [3.8, 4) is 0 Å². The molecule has 0 amide bonds. The molecule has 0 aliphatic rings. The van der Waals surface area contributed by atoms with Gasteiger partial charge in [-0.05, 0) is 36.5 Å². The van der Waals surface area contributed by atoms with Crippen molar-refractivity contribution < 1.29 is 0 Å². The molecule has 0 fully saturated rings. The Morgan fingerprint density at radius 2 is 2.10 bits per heavy atom. The molecule has 0 heterocycles. The van der Waals surface area contributed by atoms with Gasteiger partial charge in [0.15, 0.2) is 5.96 Å². The summed E-state index contributed by atoms with van der Waals surface area (Å²) in [4.78, 5) is 4.40. The molecule has 0 atom stereocenters. The number of halogens is 2. The number of rotatable bonds is 6. The van der Waals surface area contributed by atoms with Gasteiger partial charge in [0, 0.05) is 18.1 Å². The van der Waals surface area contributed by atoms with E-state index in [2.05, 4.69) is 36.8 Å². The van der Waals surface area contributed by atoms with E-state index in [-0.39, 0.29) is 29.4 Å². The number of hydrogen-bond acceptors (Lipinski definition) is 1. The van der Waals surface area contributed by atoms with E-state index < -0.39 is 0 Å². The first-order valence-electron chi connectivity index (χ1n) is 6.71. The van der Waals surface area contributed by atoms with Crippen LogP contribution >= 0.6 is 35.6 Å². The lowest BCUT2D eigenvalue weighted by Crippen LogP contribution is -2.34. The van der Waals surface area contributed by atoms with Gasteiger partial charge in [-0.3, -0.25) is 4.99 Å². The van der Waals surface area contributed by atoms with Crippen molar-refractivity contribution in [2.45, 2.75) is 27.2 Å². The predicted octanol–water partition coefficient (Wildman–Crippen LogP) is 4.01. The van der Waals surface area contributed by atoms with E-state index in [0.29, 0.717) is 19.0 Å². The van der Waals surface area contributed by atoms with Crippen molar-refractivity contribution in [1.82, 2.24) is 5.32 Å². The molecule has 1 aromatic rings. The summed E-state index contributed by atoms with van der Waals surface area (Å²) in [5.41, 5.74) is 8.09. The fourth-order valence-corrected chi connectivity index (χ4v) is 2.06. The highest BCUT2D eigenvalue weighted by molar-refractivity contribution is 14.0. The van der Waals surface area contributed by atoms with Gasteiger partial charge in [-0.15, -0.1) is 24.0 Å². The normalized spacial score (nSPS) is 11.7. The maximum Gasteiger partial charge on any atom is 0.188 e. The molecule has 3 N–H and O–H groups in total. The Morgan fingerprint density at radius 3 is 2.67 bits per heavy atom. The predicted molar refractivity (Wildman–Crippen MR) is 104 cm³/mol. The standard InChI is InChI=1S/C16H24ClN3.HI/c1-12(2)10-19-15(18)20-11-16(3,4)9-13-6-5-7-14(17)8-13;/h5-8H,1,9-11H2,2-4H3,(H3,18,19,20);1H. The molecule has 0 bridgehead atoms. The molecule has 0 aromatic heterocycles. The quantitative estimate of drug-likeness (QED) is 0.316. The summed E-state index contributed by atoms with van der Waals surface area (Å²) in [5.74, 6) is 0.465. The Labute approximate surface area is 150 Å². The Kier molecular flexibility index (Phi) is 8.97. The zero-order valence-electron chi connectivity index (χ0n) is 12.9. The molecular formula is C16H25ClIN3. The van der Waals surface area contributed by atoms with Crippen molar-refractivity contribution >= 4 is 41.5 Å². The van der Waals surface area contributed by atoms with E-state index in [1.807, 2.05) is 25.1 Å². The van der Waals surface area contributed by atoms with Crippen LogP contribution in [0.15, 0.2) is 41.4 Å². The Hall–Kier alpha value is -0.750. The maximum atomic E-state index is 6.01. The van der Waals surface area contributed by atoms with Gasteiger partial charge < -0.3 is 11.1 Å². The molecule has 0 unspecified atom stereocenters. The average molecular weight is 422 g/mol. The topological polar surface area (TPSA) is 50.4 Å². The molecule has 21 heavy (non-hydrogen) atoms. The largest absolute Gasteiger partial charge is 0.370 e. The molecular weight excluding hydrogens is 397 g/mol. The molecule has 0 saturated heterocycles. The molecule has 3 nitrogen and oxygen atoms in total. The van der Waals surface area contributed by atoms with E-state index in [1.54, 1.807) is 0 Å². The lowest BCUT2D eigenvalue weighted by atomic mass is 9.86. The van der Waals surface area contributed by atoms with Crippen LogP contribution in [0.2, 0.25) is 5.02 Å². The van der Waals surface area contributed by atoms with E-state index in [4.69, 9.17) is 17.3 Å². The van der Waals surface area contributed by atoms with Gasteiger partial charge >= 0.3 is 0 Å². The van der Waals surface area contributed by atoms with Gasteiger partial charge in [-0.2, -0.15) is 0 Å². The fourth-order valence-electron chi connectivity index (χ4n) is 1.85. The van der Waals surface area contributed by atoms with Crippen molar-refractivity contribution in [3.63, 3.8) is 0 Å². The van der Waals surface area contributed by atoms with Crippen LogP contribution in [0.4, 0.5) is 0 Å². The van der Waals surface area contributed by atoms with Gasteiger partial charge in [0.25, 0.3) is 0 Å². The van der Waals surface area contributed by atoms with Crippen LogP contribution in [0.3, 0.4) is 0 Å². The summed E-state index contributed by atoms with van der Waals surface area (Å²) in [6.45, 7) is 11.4. The van der Waals surface area contributed by atoms with Crippen molar-refractivity contribution in [2.75, 3.05) is 13.1 Å². The van der Waals surface area contributed by atoms with Gasteiger partial charge in [-0.25, -0.2) is 0 Å². The first-order chi connectivity index (χ1) is 9.28. The van der Waals surface area contributed by atoms with Gasteiger partial charge in [0.1, 0.15) is 0 Å². The van der Waals surface area contributed by atoms with Crippen LogP contribution < -0.4 is 11.1 Å². The number of benzene rings is 1. The summed E-state index contributed by atoms with van der Waals surface area (Å²) >= 11 is 6.01. The zero-order chi connectivity index (χ0) is 15.2. The lowest BCUT2D eigenvalue weighted by molar-refractivity contribution is 0.377. The van der Waals surface area contributed by atoms with Crippen LogP contribution in [-0.4, -0.2) is 19.0 Å². The van der Waals surface area contributed by atoms with Crippen molar-refractivity contribution in [3.05, 3.63) is 47.0 Å². The van der Waals surface area contributed by atoms with E-state index in [1.165, 1.54) is 5.56 Å². The Bertz CT molecular complexity index is 498. The van der Waals surface area contributed by atoms with Crippen molar-refractivity contribution in [2.24, 2.45) is 16.1 Å². The molecule has 0 spiro atoms. The van der Waals surface area contributed by atoms with Crippen LogP contribution in [0.1, 0.15) is 26.3 Å². The molecule has 0 radical (unpaired) electrons. The molecule has 0 saturated carbocycles. The second-order valence-electron chi connectivity index (χ2n) is 5.98. The minimum atomic E-state index is 0. The number of nitrogens with one attached hydrogen (secondary N) is 1. The third-order valence-corrected chi connectivity index (χ3v) is 3.06. The van der Waals surface area contributed by atoms with Crippen LogP contribution in [0.25, 0.3) is 0 Å². The summed E-state index contributed by atoms with van der Waals surface area (Å²) < 4.78 is 0. The van der Waals surface area contributed by atoms with Gasteiger partial charge in [-0.1, -0.05) is 49.7 Å². The van der Waals surface area contributed by atoms with E-state index in [0.717, 1.165) is 17.0 Å². The number of aliphatic imine (C=N–C) groups is 1. The Morgan fingerprint density at radius 1 is 1.43 bits per heavy atom. The van der Waals surface area contributed by atoms with E-state index >= 15 is 0 Å².